The summed E-state index contributed by atoms with van der Waals surface area (Å²) >= 11 is 0. The molecule has 0 fully saturated rings. The first-order valence-corrected chi connectivity index (χ1v) is 4.04. The van der Waals surface area contributed by atoms with Crippen LogP contribution in [0.3, 0.4) is 0 Å². The fraction of sp³-hybridized carbons (Fsp3) is 0.750. The number of ether oxygens (including phenoxy) is 1. The molecule has 0 aliphatic rings. The lowest BCUT2D eigenvalue weighted by Crippen LogP contribution is -2.19. The van der Waals surface area contributed by atoms with E-state index in [0.717, 1.165) is 0 Å². The first kappa shape index (κ1) is 10.1. The number of aromatic nitrogens is 2. The highest BCUT2D eigenvalue weighted by Crippen LogP contribution is 2.22. The quantitative estimate of drug-likeness (QED) is 0.762. The molecule has 1 rings (SSSR count). The molecule has 5 nitrogen and oxygen atoms in total. The van der Waals surface area contributed by atoms with Gasteiger partial charge < -0.3 is 14.4 Å². The molecule has 0 radical (unpaired) electrons. The maximum absolute atomic E-state index is 9.15. The zero-order valence-corrected chi connectivity index (χ0v) is 8.24. The summed E-state index contributed by atoms with van der Waals surface area (Å²) in [4.78, 5) is 4.00. The number of hydrogen-bond donors (Lipinski definition) is 1. The Hall–Kier alpha value is -0.940. The Morgan fingerprint density at radius 1 is 1.54 bits per heavy atom. The summed E-state index contributed by atoms with van der Waals surface area (Å²) in [6.45, 7) is 5.20. The van der Waals surface area contributed by atoms with Gasteiger partial charge in [-0.3, -0.25) is 0 Å². The van der Waals surface area contributed by atoms with Gasteiger partial charge in [-0.15, -0.1) is 0 Å². The Kier molecular flexibility index (Phi) is 2.68. The van der Waals surface area contributed by atoms with Gasteiger partial charge in [0.05, 0.1) is 0 Å². The maximum Gasteiger partial charge on any atom is 0.258 e. The number of aliphatic hydroxyl groups is 1. The smallest absolute Gasteiger partial charge is 0.258 e. The molecule has 1 aromatic rings. The van der Waals surface area contributed by atoms with E-state index in [1.807, 2.05) is 13.8 Å². The predicted molar refractivity (Wildman–Crippen MR) is 45.0 cm³/mol. The van der Waals surface area contributed by atoms with Crippen LogP contribution >= 0.6 is 0 Å². The van der Waals surface area contributed by atoms with Crippen LogP contribution in [-0.2, 0) is 10.3 Å². The molecule has 1 unspecified atom stereocenters. The molecule has 13 heavy (non-hydrogen) atoms. The van der Waals surface area contributed by atoms with Crippen LogP contribution in [0.5, 0.6) is 0 Å². The van der Waals surface area contributed by atoms with Crippen LogP contribution in [0.1, 0.15) is 38.6 Å². The first-order chi connectivity index (χ1) is 5.97. The molecule has 74 valence electrons. The zero-order valence-electron chi connectivity index (χ0n) is 8.24. The van der Waals surface area contributed by atoms with E-state index >= 15 is 0 Å². The van der Waals surface area contributed by atoms with Crippen LogP contribution < -0.4 is 0 Å². The average molecular weight is 186 g/mol. The van der Waals surface area contributed by atoms with Gasteiger partial charge in [0.2, 0.25) is 0 Å². The lowest BCUT2D eigenvalue weighted by molar-refractivity contribution is -0.00787. The second kappa shape index (κ2) is 3.43. The molecule has 0 aliphatic carbocycles. The van der Waals surface area contributed by atoms with E-state index in [1.165, 1.54) is 0 Å². The molecule has 0 amide bonds. The van der Waals surface area contributed by atoms with Gasteiger partial charge in [-0.1, -0.05) is 5.16 Å². The summed E-state index contributed by atoms with van der Waals surface area (Å²) in [6, 6.07) is 0. The molecule has 1 atom stereocenters. The Morgan fingerprint density at radius 3 is 2.54 bits per heavy atom. The lowest BCUT2D eigenvalue weighted by Gasteiger charge is -2.16. The highest BCUT2D eigenvalue weighted by atomic mass is 16.5. The van der Waals surface area contributed by atoms with Gasteiger partial charge in [-0.05, 0) is 20.8 Å². The summed E-state index contributed by atoms with van der Waals surface area (Å²) in [5.41, 5.74) is -0.611. The van der Waals surface area contributed by atoms with E-state index in [-0.39, 0.29) is 5.82 Å². The Bertz CT molecular complexity index is 281. The van der Waals surface area contributed by atoms with Crippen LogP contribution in [0.15, 0.2) is 4.52 Å². The molecule has 1 heterocycles. The number of hydrogen-bond acceptors (Lipinski definition) is 5. The van der Waals surface area contributed by atoms with Gasteiger partial charge in [-0.25, -0.2) is 0 Å². The van der Waals surface area contributed by atoms with Crippen molar-refractivity contribution in [2.75, 3.05) is 7.11 Å². The monoisotopic (exact) mass is 186 g/mol. The molecule has 0 aromatic carbocycles. The van der Waals surface area contributed by atoms with E-state index in [2.05, 4.69) is 10.1 Å². The van der Waals surface area contributed by atoms with Gasteiger partial charge in [0.25, 0.3) is 5.89 Å². The fourth-order valence-electron chi connectivity index (χ4n) is 0.736. The van der Waals surface area contributed by atoms with E-state index in [4.69, 9.17) is 14.4 Å². The molecule has 1 N–H and O–H groups in total. The maximum atomic E-state index is 9.15. The summed E-state index contributed by atoms with van der Waals surface area (Å²) in [5.74, 6) is 0.644. The van der Waals surface area contributed by atoms with Crippen molar-refractivity contribution in [2.45, 2.75) is 32.5 Å². The standard InChI is InChI=1S/C8H14N2O3/c1-5(11)6-9-7(13-10-6)8(2,3)12-4/h5,11H,1-4H3. The highest BCUT2D eigenvalue weighted by molar-refractivity contribution is 4.96. The van der Waals surface area contributed by atoms with Crippen LogP contribution in [0, 0.1) is 0 Å². The topological polar surface area (TPSA) is 68.4 Å². The van der Waals surface area contributed by atoms with Crippen molar-refractivity contribution < 1.29 is 14.4 Å². The Balaban J connectivity index is 2.91. The van der Waals surface area contributed by atoms with Gasteiger partial charge in [0.15, 0.2) is 5.82 Å². The molecule has 0 saturated heterocycles. The third-order valence-electron chi connectivity index (χ3n) is 1.84. The average Bonchev–Trinajstić information content (AvgIpc) is 2.52. The van der Waals surface area contributed by atoms with Gasteiger partial charge >= 0.3 is 0 Å². The van der Waals surface area contributed by atoms with Crippen molar-refractivity contribution in [2.24, 2.45) is 0 Å². The number of aliphatic hydroxyl groups excluding tert-OH is 1. The number of nitrogens with zero attached hydrogens (tertiary/aromatic N) is 2. The van der Waals surface area contributed by atoms with Crippen molar-refractivity contribution in [1.82, 2.24) is 10.1 Å². The van der Waals surface area contributed by atoms with E-state index < -0.39 is 11.7 Å². The zero-order chi connectivity index (χ0) is 10.1. The van der Waals surface area contributed by atoms with Gasteiger partial charge in [0, 0.05) is 7.11 Å². The summed E-state index contributed by atoms with van der Waals surface area (Å²) in [5, 5.41) is 12.8. The van der Waals surface area contributed by atoms with Crippen molar-refractivity contribution in [1.29, 1.82) is 0 Å². The minimum atomic E-state index is -0.717. The minimum absolute atomic E-state index is 0.278. The minimum Gasteiger partial charge on any atom is -0.385 e. The SMILES string of the molecule is COC(C)(C)c1nc(C(C)O)no1. The predicted octanol–water partition coefficient (Wildman–Crippen LogP) is 1.00. The van der Waals surface area contributed by atoms with Gasteiger partial charge in [-0.2, -0.15) is 4.98 Å². The molecule has 0 spiro atoms. The third-order valence-corrected chi connectivity index (χ3v) is 1.84. The van der Waals surface area contributed by atoms with Crippen LogP contribution in [-0.4, -0.2) is 22.4 Å². The van der Waals surface area contributed by atoms with Crippen molar-refractivity contribution in [3.05, 3.63) is 11.7 Å². The largest absolute Gasteiger partial charge is 0.385 e. The highest BCUT2D eigenvalue weighted by Gasteiger charge is 2.27. The molecule has 0 aliphatic heterocycles. The van der Waals surface area contributed by atoms with E-state index in [0.29, 0.717) is 5.89 Å². The molecule has 0 saturated carbocycles. The summed E-state index contributed by atoms with van der Waals surface area (Å²) in [7, 11) is 1.56. The fourth-order valence-corrected chi connectivity index (χ4v) is 0.736. The first-order valence-electron chi connectivity index (χ1n) is 4.04. The molecule has 5 heteroatoms. The molecular formula is C8H14N2O3. The number of rotatable bonds is 3. The van der Waals surface area contributed by atoms with E-state index in [1.54, 1.807) is 14.0 Å². The second-order valence-electron chi connectivity index (χ2n) is 3.35. The van der Waals surface area contributed by atoms with Crippen molar-refractivity contribution in [3.8, 4) is 0 Å². The molecular weight excluding hydrogens is 172 g/mol. The lowest BCUT2D eigenvalue weighted by atomic mass is 10.1. The van der Waals surface area contributed by atoms with Gasteiger partial charge in [0.1, 0.15) is 11.7 Å². The second-order valence-corrected chi connectivity index (χ2v) is 3.35. The third kappa shape index (κ3) is 2.05. The molecule has 1 aromatic heterocycles. The number of methoxy groups -OCH3 is 1. The Morgan fingerprint density at radius 2 is 2.15 bits per heavy atom. The molecule has 0 bridgehead atoms. The van der Waals surface area contributed by atoms with Crippen molar-refractivity contribution in [3.63, 3.8) is 0 Å². The van der Waals surface area contributed by atoms with Crippen LogP contribution in [0.4, 0.5) is 0 Å². The summed E-state index contributed by atoms with van der Waals surface area (Å²) in [6.07, 6.45) is -0.717. The van der Waals surface area contributed by atoms with Crippen molar-refractivity contribution >= 4 is 0 Å². The summed E-state index contributed by atoms with van der Waals surface area (Å²) < 4.78 is 10.1. The normalized spacial score (nSPS) is 14.5. The van der Waals surface area contributed by atoms with Crippen LogP contribution in [0.2, 0.25) is 0 Å². The Labute approximate surface area is 76.7 Å². The van der Waals surface area contributed by atoms with E-state index in [9.17, 15) is 0 Å². The van der Waals surface area contributed by atoms with Crippen LogP contribution in [0.25, 0.3) is 0 Å².